The first kappa shape index (κ1) is 17.6. The first-order valence-corrected chi connectivity index (χ1v) is 6.73. The highest BCUT2D eigenvalue weighted by Crippen LogP contribution is 2.22. The van der Waals surface area contributed by atoms with E-state index in [0.717, 1.165) is 0 Å². The van der Waals surface area contributed by atoms with Gasteiger partial charge in [0.05, 0.1) is 19.2 Å². The lowest BCUT2D eigenvalue weighted by molar-refractivity contribution is 0.0520. The van der Waals surface area contributed by atoms with Crippen molar-refractivity contribution in [3.05, 3.63) is 23.8 Å². The van der Waals surface area contributed by atoms with Gasteiger partial charge in [0.1, 0.15) is 23.7 Å². The maximum Gasteiger partial charge on any atom is 0.407 e. The molecule has 0 heterocycles. The highest BCUT2D eigenvalue weighted by molar-refractivity contribution is 5.88. The summed E-state index contributed by atoms with van der Waals surface area (Å²) in [4.78, 5) is 22.4. The molecule has 7 nitrogen and oxygen atoms in total. The van der Waals surface area contributed by atoms with Gasteiger partial charge in [0.25, 0.3) is 0 Å². The standard InChI is InChI=1S/C15H21NO6/c1-15(2,3)22-14(19)16-5-6-21-12-8-10(13(17)18)7-11(9-12)20-4/h7-9H,5-6H2,1-4H3,(H,16,19)(H,17,18). The van der Waals surface area contributed by atoms with Crippen molar-refractivity contribution in [2.75, 3.05) is 20.3 Å². The number of rotatable bonds is 6. The van der Waals surface area contributed by atoms with E-state index in [1.807, 2.05) is 0 Å². The molecule has 0 unspecified atom stereocenters. The Labute approximate surface area is 129 Å². The van der Waals surface area contributed by atoms with Crippen LogP contribution < -0.4 is 14.8 Å². The molecule has 122 valence electrons. The number of benzene rings is 1. The Hall–Kier alpha value is -2.44. The van der Waals surface area contributed by atoms with Crippen molar-refractivity contribution in [2.45, 2.75) is 26.4 Å². The summed E-state index contributed by atoms with van der Waals surface area (Å²) < 4.78 is 15.5. The van der Waals surface area contributed by atoms with Gasteiger partial charge in [-0.1, -0.05) is 0 Å². The summed E-state index contributed by atoms with van der Waals surface area (Å²) in [5, 5.41) is 11.5. The third-order valence-electron chi connectivity index (χ3n) is 2.40. The van der Waals surface area contributed by atoms with Crippen molar-refractivity contribution in [2.24, 2.45) is 0 Å². The van der Waals surface area contributed by atoms with Gasteiger partial charge in [-0.05, 0) is 32.9 Å². The van der Waals surface area contributed by atoms with E-state index in [1.165, 1.54) is 19.2 Å². The van der Waals surface area contributed by atoms with Crippen LogP contribution in [0.25, 0.3) is 0 Å². The minimum Gasteiger partial charge on any atom is -0.497 e. The molecule has 0 saturated heterocycles. The highest BCUT2D eigenvalue weighted by Gasteiger charge is 2.15. The lowest BCUT2D eigenvalue weighted by Crippen LogP contribution is -2.34. The van der Waals surface area contributed by atoms with Crippen LogP contribution in [0.1, 0.15) is 31.1 Å². The van der Waals surface area contributed by atoms with Gasteiger partial charge >= 0.3 is 12.1 Å². The van der Waals surface area contributed by atoms with Gasteiger partial charge in [-0.15, -0.1) is 0 Å². The molecule has 1 aromatic carbocycles. The normalized spacial score (nSPS) is 10.7. The number of ether oxygens (including phenoxy) is 3. The van der Waals surface area contributed by atoms with E-state index in [4.69, 9.17) is 19.3 Å². The molecule has 1 rings (SSSR count). The zero-order valence-corrected chi connectivity index (χ0v) is 13.1. The predicted molar refractivity (Wildman–Crippen MR) is 79.7 cm³/mol. The number of alkyl carbamates (subject to hydrolysis) is 1. The molecule has 22 heavy (non-hydrogen) atoms. The molecule has 1 amide bonds. The monoisotopic (exact) mass is 311 g/mol. The van der Waals surface area contributed by atoms with Crippen LogP contribution in [-0.2, 0) is 4.74 Å². The molecule has 0 atom stereocenters. The van der Waals surface area contributed by atoms with Crippen LogP contribution in [0.2, 0.25) is 0 Å². The third kappa shape index (κ3) is 6.34. The van der Waals surface area contributed by atoms with Crippen LogP contribution in [-0.4, -0.2) is 43.0 Å². The molecule has 0 aliphatic carbocycles. The lowest BCUT2D eigenvalue weighted by atomic mass is 10.2. The van der Waals surface area contributed by atoms with Crippen molar-refractivity contribution in [1.29, 1.82) is 0 Å². The van der Waals surface area contributed by atoms with Crippen molar-refractivity contribution in [1.82, 2.24) is 5.32 Å². The molecule has 0 aliphatic rings. The van der Waals surface area contributed by atoms with Crippen molar-refractivity contribution < 1.29 is 28.9 Å². The summed E-state index contributed by atoms with van der Waals surface area (Å²) in [5.41, 5.74) is -0.497. The molecule has 2 N–H and O–H groups in total. The van der Waals surface area contributed by atoms with Crippen molar-refractivity contribution in [3.63, 3.8) is 0 Å². The Bertz CT molecular complexity index is 535. The van der Waals surface area contributed by atoms with Crippen LogP contribution in [0.15, 0.2) is 18.2 Å². The third-order valence-corrected chi connectivity index (χ3v) is 2.40. The number of carboxylic acid groups (broad SMARTS) is 1. The van der Waals surface area contributed by atoms with Crippen molar-refractivity contribution in [3.8, 4) is 11.5 Å². The number of carbonyl (C=O) groups is 2. The highest BCUT2D eigenvalue weighted by atomic mass is 16.6. The quantitative estimate of drug-likeness (QED) is 0.783. The topological polar surface area (TPSA) is 94.1 Å². The number of carboxylic acids is 1. The van der Waals surface area contributed by atoms with Crippen molar-refractivity contribution >= 4 is 12.1 Å². The average Bonchev–Trinajstić information content (AvgIpc) is 2.41. The van der Waals surface area contributed by atoms with E-state index in [0.29, 0.717) is 11.5 Å². The van der Waals surface area contributed by atoms with Gasteiger partial charge in [0.2, 0.25) is 0 Å². The molecule has 1 aromatic rings. The second-order valence-electron chi connectivity index (χ2n) is 5.48. The number of carbonyl (C=O) groups excluding carboxylic acids is 1. The molecular weight excluding hydrogens is 290 g/mol. The number of methoxy groups -OCH3 is 1. The van der Waals surface area contributed by atoms with Gasteiger partial charge in [0, 0.05) is 6.07 Å². The number of hydrogen-bond acceptors (Lipinski definition) is 5. The molecule has 0 radical (unpaired) electrons. The molecule has 0 aliphatic heterocycles. The van der Waals surface area contributed by atoms with Crippen LogP contribution >= 0.6 is 0 Å². The zero-order chi connectivity index (χ0) is 16.8. The number of nitrogens with one attached hydrogen (secondary N) is 1. The molecular formula is C15H21NO6. The summed E-state index contributed by atoms with van der Waals surface area (Å²) in [6, 6.07) is 4.35. The predicted octanol–water partition coefficient (Wildman–Crippen LogP) is 2.30. The fourth-order valence-corrected chi connectivity index (χ4v) is 1.53. The van der Waals surface area contributed by atoms with Gasteiger partial charge in [-0.3, -0.25) is 0 Å². The fraction of sp³-hybridized carbons (Fsp3) is 0.467. The lowest BCUT2D eigenvalue weighted by Gasteiger charge is -2.19. The number of amides is 1. The first-order chi connectivity index (χ1) is 10.2. The summed E-state index contributed by atoms with van der Waals surface area (Å²) in [6.45, 7) is 5.71. The Balaban J connectivity index is 2.50. The largest absolute Gasteiger partial charge is 0.497 e. The molecule has 0 spiro atoms. The molecule has 0 bridgehead atoms. The Morgan fingerprint density at radius 1 is 1.18 bits per heavy atom. The maximum absolute atomic E-state index is 11.4. The van der Waals surface area contributed by atoms with Crippen LogP contribution in [0, 0.1) is 0 Å². The van der Waals surface area contributed by atoms with E-state index < -0.39 is 17.7 Å². The maximum atomic E-state index is 11.4. The smallest absolute Gasteiger partial charge is 0.407 e. The first-order valence-electron chi connectivity index (χ1n) is 6.73. The van der Waals surface area contributed by atoms with E-state index >= 15 is 0 Å². The summed E-state index contributed by atoms with van der Waals surface area (Å²) in [7, 11) is 1.44. The number of aromatic carboxylic acids is 1. The fourth-order valence-electron chi connectivity index (χ4n) is 1.53. The van der Waals surface area contributed by atoms with E-state index in [-0.39, 0.29) is 18.7 Å². The Morgan fingerprint density at radius 3 is 2.36 bits per heavy atom. The second kappa shape index (κ2) is 7.53. The Morgan fingerprint density at radius 2 is 1.82 bits per heavy atom. The van der Waals surface area contributed by atoms with Gasteiger partial charge in [-0.2, -0.15) is 0 Å². The zero-order valence-electron chi connectivity index (χ0n) is 13.1. The van der Waals surface area contributed by atoms with Crippen LogP contribution in [0.5, 0.6) is 11.5 Å². The van der Waals surface area contributed by atoms with Crippen LogP contribution in [0.4, 0.5) is 4.79 Å². The SMILES string of the molecule is COc1cc(OCCNC(=O)OC(C)(C)C)cc(C(=O)O)c1. The summed E-state index contributed by atoms with van der Waals surface area (Å²) in [6.07, 6.45) is -0.534. The van der Waals surface area contributed by atoms with E-state index in [2.05, 4.69) is 5.32 Å². The summed E-state index contributed by atoms with van der Waals surface area (Å²) >= 11 is 0. The molecule has 7 heteroatoms. The number of hydrogen-bond donors (Lipinski definition) is 2. The van der Waals surface area contributed by atoms with Gasteiger partial charge in [0.15, 0.2) is 0 Å². The summed E-state index contributed by atoms with van der Waals surface area (Å²) in [5.74, 6) is -0.339. The molecule has 0 aromatic heterocycles. The minimum atomic E-state index is -1.07. The second-order valence-corrected chi connectivity index (χ2v) is 5.48. The van der Waals surface area contributed by atoms with Crippen LogP contribution in [0.3, 0.4) is 0 Å². The van der Waals surface area contributed by atoms with E-state index in [1.54, 1.807) is 26.8 Å². The molecule has 0 fully saturated rings. The minimum absolute atomic E-state index is 0.0643. The van der Waals surface area contributed by atoms with Gasteiger partial charge in [-0.25, -0.2) is 9.59 Å². The average molecular weight is 311 g/mol. The van der Waals surface area contributed by atoms with Gasteiger partial charge < -0.3 is 24.6 Å². The van der Waals surface area contributed by atoms with E-state index in [9.17, 15) is 9.59 Å². The Kier molecular flexibility index (Phi) is 6.03. The molecule has 0 saturated carbocycles.